The Labute approximate surface area is 144 Å². The zero-order chi connectivity index (χ0) is 15.4. The number of benzene rings is 2. The van der Waals surface area contributed by atoms with E-state index in [4.69, 9.17) is 23.2 Å². The van der Waals surface area contributed by atoms with Crippen molar-refractivity contribution in [2.24, 2.45) is 0 Å². The quantitative estimate of drug-likeness (QED) is 0.649. The molecule has 1 N–H and O–H groups in total. The smallest absolute Gasteiger partial charge is 0.0599 e. The van der Waals surface area contributed by atoms with Crippen molar-refractivity contribution in [2.75, 3.05) is 6.54 Å². The number of nitrogens with one attached hydrogen (secondary N) is 1. The fraction of sp³-hybridized carbons (Fsp3) is 0.294. The minimum atomic E-state index is 0.0352. The molecular formula is C17H18BrCl2N. The van der Waals surface area contributed by atoms with E-state index in [1.165, 1.54) is 0 Å². The summed E-state index contributed by atoms with van der Waals surface area (Å²) in [5, 5.41) is 5.07. The van der Waals surface area contributed by atoms with Crippen LogP contribution in [0.15, 0.2) is 40.9 Å². The van der Waals surface area contributed by atoms with Crippen LogP contribution >= 0.6 is 39.1 Å². The highest BCUT2D eigenvalue weighted by atomic mass is 79.9. The molecular weight excluding hydrogens is 369 g/mol. The molecule has 0 aliphatic rings. The van der Waals surface area contributed by atoms with Crippen molar-refractivity contribution < 1.29 is 0 Å². The Morgan fingerprint density at radius 3 is 2.62 bits per heavy atom. The van der Waals surface area contributed by atoms with Gasteiger partial charge in [0.2, 0.25) is 0 Å². The standard InChI is InChI=1S/C17H18BrCl2N/c1-3-9-21-17(12-8-7-11(2)15(19)10-12)13-5-4-6-14(18)16(13)20/h4-8,10,17,21H,3,9H2,1-2H3. The van der Waals surface area contributed by atoms with Gasteiger partial charge in [0.1, 0.15) is 0 Å². The molecule has 1 atom stereocenters. The van der Waals surface area contributed by atoms with Gasteiger partial charge in [0.05, 0.1) is 11.1 Å². The lowest BCUT2D eigenvalue weighted by Gasteiger charge is -2.22. The first-order valence-electron chi connectivity index (χ1n) is 6.98. The maximum Gasteiger partial charge on any atom is 0.0599 e. The maximum absolute atomic E-state index is 6.47. The Balaban J connectivity index is 2.47. The Morgan fingerprint density at radius 2 is 1.95 bits per heavy atom. The van der Waals surface area contributed by atoms with Gasteiger partial charge >= 0.3 is 0 Å². The van der Waals surface area contributed by atoms with Crippen LogP contribution in [0.2, 0.25) is 10.0 Å². The summed E-state index contributed by atoms with van der Waals surface area (Å²) in [6.45, 7) is 5.07. The maximum atomic E-state index is 6.47. The average Bonchev–Trinajstić information content (AvgIpc) is 2.47. The lowest BCUT2D eigenvalue weighted by Crippen LogP contribution is -2.23. The first-order valence-corrected chi connectivity index (χ1v) is 8.52. The second-order valence-electron chi connectivity index (χ2n) is 5.04. The molecule has 0 aliphatic carbocycles. The van der Waals surface area contributed by atoms with E-state index in [1.54, 1.807) is 0 Å². The second kappa shape index (κ2) is 7.64. The molecule has 1 nitrogen and oxygen atoms in total. The predicted octanol–water partition coefficient (Wildman–Crippen LogP) is 6.15. The third kappa shape index (κ3) is 4.01. The fourth-order valence-corrected chi connectivity index (χ4v) is 3.03. The van der Waals surface area contributed by atoms with Gasteiger partial charge in [-0.1, -0.05) is 54.4 Å². The van der Waals surface area contributed by atoms with E-state index in [9.17, 15) is 0 Å². The zero-order valence-electron chi connectivity index (χ0n) is 12.1. The molecule has 0 spiro atoms. The van der Waals surface area contributed by atoms with Crippen LogP contribution in [0, 0.1) is 6.92 Å². The number of aryl methyl sites for hydroxylation is 1. The van der Waals surface area contributed by atoms with Gasteiger partial charge in [-0.15, -0.1) is 0 Å². The second-order valence-corrected chi connectivity index (χ2v) is 6.68. The van der Waals surface area contributed by atoms with Crippen LogP contribution in [0.5, 0.6) is 0 Å². The molecule has 0 amide bonds. The SMILES string of the molecule is CCCNC(c1ccc(C)c(Cl)c1)c1cccc(Br)c1Cl. The molecule has 21 heavy (non-hydrogen) atoms. The minimum Gasteiger partial charge on any atom is -0.306 e. The Kier molecular flexibility index (Phi) is 6.12. The van der Waals surface area contributed by atoms with E-state index in [0.29, 0.717) is 0 Å². The predicted molar refractivity (Wildman–Crippen MR) is 95.5 cm³/mol. The minimum absolute atomic E-state index is 0.0352. The monoisotopic (exact) mass is 385 g/mol. The molecule has 2 rings (SSSR count). The molecule has 0 radical (unpaired) electrons. The molecule has 0 bridgehead atoms. The van der Waals surface area contributed by atoms with E-state index < -0.39 is 0 Å². The molecule has 0 aliphatic heterocycles. The van der Waals surface area contributed by atoms with Crippen molar-refractivity contribution in [3.8, 4) is 0 Å². The van der Waals surface area contributed by atoms with E-state index in [0.717, 1.165) is 44.2 Å². The van der Waals surface area contributed by atoms with Crippen molar-refractivity contribution in [3.63, 3.8) is 0 Å². The van der Waals surface area contributed by atoms with Gasteiger partial charge < -0.3 is 5.32 Å². The highest BCUT2D eigenvalue weighted by molar-refractivity contribution is 9.10. The average molecular weight is 387 g/mol. The fourth-order valence-electron chi connectivity index (χ4n) is 2.23. The molecule has 2 aromatic carbocycles. The molecule has 0 heterocycles. The van der Waals surface area contributed by atoms with Gasteiger partial charge in [0.25, 0.3) is 0 Å². The van der Waals surface area contributed by atoms with Crippen LogP contribution in [0.4, 0.5) is 0 Å². The number of rotatable bonds is 5. The zero-order valence-corrected chi connectivity index (χ0v) is 15.2. The van der Waals surface area contributed by atoms with Crippen LogP contribution in [-0.2, 0) is 0 Å². The molecule has 0 fully saturated rings. The number of halogens is 3. The summed E-state index contributed by atoms with van der Waals surface area (Å²) in [4.78, 5) is 0. The largest absolute Gasteiger partial charge is 0.306 e. The molecule has 0 saturated carbocycles. The van der Waals surface area contributed by atoms with E-state index in [-0.39, 0.29) is 6.04 Å². The van der Waals surface area contributed by atoms with Crippen molar-refractivity contribution in [1.82, 2.24) is 5.32 Å². The Morgan fingerprint density at radius 1 is 1.19 bits per heavy atom. The normalized spacial score (nSPS) is 12.4. The van der Waals surface area contributed by atoms with E-state index >= 15 is 0 Å². The highest BCUT2D eigenvalue weighted by Gasteiger charge is 2.18. The van der Waals surface area contributed by atoms with Gasteiger partial charge in [0, 0.05) is 9.50 Å². The van der Waals surface area contributed by atoms with Crippen molar-refractivity contribution in [3.05, 3.63) is 67.6 Å². The Hall–Kier alpha value is -0.540. The third-order valence-corrected chi connectivity index (χ3v) is 5.14. The molecule has 0 aromatic heterocycles. The van der Waals surface area contributed by atoms with Crippen LogP contribution < -0.4 is 5.32 Å². The summed E-state index contributed by atoms with van der Waals surface area (Å²) < 4.78 is 0.906. The van der Waals surface area contributed by atoms with E-state index in [1.807, 2.05) is 37.3 Å². The lowest BCUT2D eigenvalue weighted by molar-refractivity contribution is 0.598. The summed E-state index contributed by atoms with van der Waals surface area (Å²) in [7, 11) is 0. The van der Waals surface area contributed by atoms with Gasteiger partial charge in [-0.2, -0.15) is 0 Å². The Bertz CT molecular complexity index is 628. The first kappa shape index (κ1) is 16.8. The third-order valence-electron chi connectivity index (χ3n) is 3.42. The molecule has 2 aromatic rings. The van der Waals surface area contributed by atoms with Gasteiger partial charge in [-0.25, -0.2) is 0 Å². The van der Waals surface area contributed by atoms with Crippen LogP contribution in [0.1, 0.15) is 36.1 Å². The molecule has 112 valence electrons. The summed E-state index contributed by atoms with van der Waals surface area (Å²) in [6, 6.07) is 12.2. The van der Waals surface area contributed by atoms with Gasteiger partial charge in [-0.05, 0) is 64.6 Å². The van der Waals surface area contributed by atoms with Crippen molar-refractivity contribution in [1.29, 1.82) is 0 Å². The first-order chi connectivity index (χ1) is 10.0. The molecule has 0 saturated heterocycles. The van der Waals surface area contributed by atoms with Gasteiger partial charge in [-0.3, -0.25) is 0 Å². The number of hydrogen-bond acceptors (Lipinski definition) is 1. The van der Waals surface area contributed by atoms with Crippen LogP contribution in [0.25, 0.3) is 0 Å². The topological polar surface area (TPSA) is 12.0 Å². The summed E-state index contributed by atoms with van der Waals surface area (Å²) in [6.07, 6.45) is 1.06. The molecule has 1 unspecified atom stereocenters. The van der Waals surface area contributed by atoms with Crippen molar-refractivity contribution in [2.45, 2.75) is 26.3 Å². The highest BCUT2D eigenvalue weighted by Crippen LogP contribution is 2.34. The number of hydrogen-bond donors (Lipinski definition) is 1. The summed E-state index contributed by atoms with van der Waals surface area (Å²) in [5.41, 5.74) is 3.26. The van der Waals surface area contributed by atoms with Crippen LogP contribution in [0.3, 0.4) is 0 Å². The summed E-state index contributed by atoms with van der Waals surface area (Å²) >= 11 is 16.2. The van der Waals surface area contributed by atoms with Crippen molar-refractivity contribution >= 4 is 39.1 Å². The van der Waals surface area contributed by atoms with Crippen LogP contribution in [-0.4, -0.2) is 6.54 Å². The van der Waals surface area contributed by atoms with Gasteiger partial charge in [0.15, 0.2) is 0 Å². The lowest BCUT2D eigenvalue weighted by atomic mass is 9.97. The van der Waals surface area contributed by atoms with E-state index in [2.05, 4.69) is 34.2 Å². The summed E-state index contributed by atoms with van der Waals surface area (Å²) in [5.74, 6) is 0. The molecule has 4 heteroatoms.